The summed E-state index contributed by atoms with van der Waals surface area (Å²) in [6.07, 6.45) is 23.9. The Labute approximate surface area is 100 Å². The quantitative estimate of drug-likeness (QED) is 0.569. The van der Waals surface area contributed by atoms with Crippen LogP contribution in [0.1, 0.15) is 64.2 Å². The Morgan fingerprint density at radius 2 is 1.75 bits per heavy atom. The molecule has 2 rings (SSSR count). The molecule has 16 heavy (non-hydrogen) atoms. The van der Waals surface area contributed by atoms with Crippen molar-refractivity contribution in [3.8, 4) is 0 Å². The maximum absolute atomic E-state index is 3.60. The van der Waals surface area contributed by atoms with Gasteiger partial charge in [-0.25, -0.2) is 0 Å². The molecule has 0 heterocycles. The van der Waals surface area contributed by atoms with Crippen LogP contribution < -0.4 is 0 Å². The maximum Gasteiger partial charge on any atom is -0.0196 e. The van der Waals surface area contributed by atoms with Crippen LogP contribution in [0.15, 0.2) is 29.4 Å². The lowest BCUT2D eigenvalue weighted by Crippen LogP contribution is -1.94. The van der Waals surface area contributed by atoms with Crippen LogP contribution in [0.5, 0.6) is 0 Å². The van der Waals surface area contributed by atoms with Crippen molar-refractivity contribution >= 4 is 0 Å². The van der Waals surface area contributed by atoms with Crippen LogP contribution >= 0.6 is 0 Å². The van der Waals surface area contributed by atoms with Gasteiger partial charge in [-0.3, -0.25) is 0 Å². The van der Waals surface area contributed by atoms with Crippen LogP contribution in [0.3, 0.4) is 0 Å². The summed E-state index contributed by atoms with van der Waals surface area (Å²) in [4.78, 5) is 0. The average Bonchev–Trinajstić information content (AvgIpc) is 2.18. The summed E-state index contributed by atoms with van der Waals surface area (Å²) < 4.78 is 0. The summed E-state index contributed by atoms with van der Waals surface area (Å²) in [6.45, 7) is 0. The van der Waals surface area contributed by atoms with Crippen LogP contribution in [-0.2, 0) is 0 Å². The lowest BCUT2D eigenvalue weighted by atomic mass is 9.92. The molecule has 0 aromatic rings. The Hall–Kier alpha value is -0.780. The Morgan fingerprint density at radius 1 is 0.875 bits per heavy atom. The summed E-state index contributed by atoms with van der Waals surface area (Å²) in [5.74, 6) is 0. The maximum atomic E-state index is 3.60. The first-order valence-corrected chi connectivity index (χ1v) is 6.93. The van der Waals surface area contributed by atoms with Crippen molar-refractivity contribution in [1.82, 2.24) is 0 Å². The molecule has 0 bridgehead atoms. The summed E-state index contributed by atoms with van der Waals surface area (Å²) in [6, 6.07) is 0. The molecule has 87 valence electrons. The fourth-order valence-electron chi connectivity index (χ4n) is 2.53. The van der Waals surface area contributed by atoms with Gasteiger partial charge >= 0.3 is 0 Å². The molecule has 1 radical (unpaired) electrons. The van der Waals surface area contributed by atoms with E-state index in [1.807, 2.05) is 0 Å². The third-order valence-electron chi connectivity index (χ3n) is 3.53. The highest BCUT2D eigenvalue weighted by Gasteiger charge is 2.06. The van der Waals surface area contributed by atoms with E-state index in [0.29, 0.717) is 0 Å². The van der Waals surface area contributed by atoms with Crippen molar-refractivity contribution in [3.63, 3.8) is 0 Å². The zero-order valence-corrected chi connectivity index (χ0v) is 10.3. The summed E-state index contributed by atoms with van der Waals surface area (Å²) in [7, 11) is 0. The molecule has 2 aliphatic rings. The van der Waals surface area contributed by atoms with Gasteiger partial charge in [0.05, 0.1) is 0 Å². The topological polar surface area (TPSA) is 0 Å². The van der Waals surface area contributed by atoms with E-state index in [9.17, 15) is 0 Å². The van der Waals surface area contributed by atoms with Crippen molar-refractivity contribution in [2.24, 2.45) is 0 Å². The van der Waals surface area contributed by atoms with E-state index < -0.39 is 0 Å². The van der Waals surface area contributed by atoms with Gasteiger partial charge in [-0.15, -0.1) is 0 Å². The smallest absolute Gasteiger partial charge is 0.0196 e. The van der Waals surface area contributed by atoms with Crippen molar-refractivity contribution in [3.05, 3.63) is 35.5 Å². The molecule has 0 heteroatoms. The lowest BCUT2D eigenvalue weighted by molar-refractivity contribution is 0.627. The van der Waals surface area contributed by atoms with E-state index in [-0.39, 0.29) is 0 Å². The zero-order chi connectivity index (χ0) is 11.1. The molecule has 0 unspecified atom stereocenters. The standard InChI is InChI=1S/C16H23/c1-3-7-11-15(12-8-4-1)16-13-9-5-2-6-10-14-16/h7,11,13H,1-6,8-10,14H2/b11-7-,15-12?,16-13-. The van der Waals surface area contributed by atoms with Gasteiger partial charge < -0.3 is 0 Å². The zero-order valence-electron chi connectivity index (χ0n) is 10.3. The summed E-state index contributed by atoms with van der Waals surface area (Å²) >= 11 is 0. The molecule has 0 amide bonds. The summed E-state index contributed by atoms with van der Waals surface area (Å²) in [5, 5.41) is 0. The Balaban J connectivity index is 2.07. The van der Waals surface area contributed by atoms with Gasteiger partial charge in [0.1, 0.15) is 0 Å². The third kappa shape index (κ3) is 3.66. The first-order valence-electron chi connectivity index (χ1n) is 6.93. The molecule has 0 aromatic heterocycles. The van der Waals surface area contributed by atoms with Gasteiger partial charge in [0.25, 0.3) is 0 Å². The van der Waals surface area contributed by atoms with Crippen molar-refractivity contribution in [1.29, 1.82) is 0 Å². The largest absolute Gasteiger partial charge is 0.0839 e. The summed E-state index contributed by atoms with van der Waals surface area (Å²) in [5.41, 5.74) is 2.97. The molecule has 0 fully saturated rings. The predicted molar refractivity (Wildman–Crippen MR) is 70.1 cm³/mol. The van der Waals surface area contributed by atoms with Gasteiger partial charge in [-0.1, -0.05) is 31.1 Å². The highest BCUT2D eigenvalue weighted by atomic mass is 14.1. The molecule has 0 saturated heterocycles. The Kier molecular flexibility index (Phi) is 4.92. The van der Waals surface area contributed by atoms with Crippen molar-refractivity contribution < 1.29 is 0 Å². The van der Waals surface area contributed by atoms with E-state index in [2.05, 4.69) is 24.3 Å². The first-order chi connectivity index (χ1) is 7.97. The fraction of sp³-hybridized carbons (Fsp3) is 0.625. The van der Waals surface area contributed by atoms with Crippen LogP contribution in [-0.4, -0.2) is 0 Å². The van der Waals surface area contributed by atoms with E-state index >= 15 is 0 Å². The minimum atomic E-state index is 1.15. The normalized spacial score (nSPS) is 32.0. The first kappa shape index (κ1) is 11.7. The van der Waals surface area contributed by atoms with E-state index in [1.165, 1.54) is 63.4 Å². The second-order valence-electron chi connectivity index (χ2n) is 4.92. The molecule has 0 N–H and O–H groups in total. The number of hydrogen-bond donors (Lipinski definition) is 0. The number of allylic oxidation sites excluding steroid dienone is 6. The molecular weight excluding hydrogens is 192 g/mol. The van der Waals surface area contributed by atoms with E-state index in [1.54, 1.807) is 5.57 Å². The van der Waals surface area contributed by atoms with Crippen molar-refractivity contribution in [2.45, 2.75) is 64.2 Å². The SMILES string of the molecule is [C]1=C(/C2=C\CCCCCC2)\C=C/CCCC/1. The van der Waals surface area contributed by atoms with Crippen LogP contribution in [0, 0.1) is 6.08 Å². The fourth-order valence-corrected chi connectivity index (χ4v) is 2.53. The second-order valence-corrected chi connectivity index (χ2v) is 4.92. The van der Waals surface area contributed by atoms with Crippen LogP contribution in [0.2, 0.25) is 0 Å². The van der Waals surface area contributed by atoms with Gasteiger partial charge in [0.15, 0.2) is 0 Å². The third-order valence-corrected chi connectivity index (χ3v) is 3.53. The van der Waals surface area contributed by atoms with E-state index in [0.717, 1.165) is 6.42 Å². The minimum Gasteiger partial charge on any atom is -0.0839 e. The number of rotatable bonds is 1. The highest BCUT2D eigenvalue weighted by molar-refractivity contribution is 5.38. The van der Waals surface area contributed by atoms with Gasteiger partial charge in [0, 0.05) is 0 Å². The molecule has 0 nitrogen and oxygen atoms in total. The average molecular weight is 215 g/mol. The monoisotopic (exact) mass is 215 g/mol. The predicted octanol–water partition coefficient (Wildman–Crippen LogP) is 5.13. The van der Waals surface area contributed by atoms with E-state index in [4.69, 9.17) is 0 Å². The van der Waals surface area contributed by atoms with Crippen LogP contribution in [0.25, 0.3) is 0 Å². The van der Waals surface area contributed by atoms with Crippen molar-refractivity contribution in [2.75, 3.05) is 0 Å². The molecule has 0 spiro atoms. The Bertz CT molecular complexity index is 291. The minimum absolute atomic E-state index is 1.15. The molecule has 0 aromatic carbocycles. The van der Waals surface area contributed by atoms with Gasteiger partial charge in [-0.2, -0.15) is 0 Å². The Morgan fingerprint density at radius 3 is 2.75 bits per heavy atom. The van der Waals surface area contributed by atoms with Gasteiger partial charge in [-0.05, 0) is 68.6 Å². The van der Waals surface area contributed by atoms with Crippen LogP contribution in [0.4, 0.5) is 0 Å². The second kappa shape index (κ2) is 6.73. The highest BCUT2D eigenvalue weighted by Crippen LogP contribution is 2.25. The molecule has 0 aliphatic heterocycles. The lowest BCUT2D eigenvalue weighted by Gasteiger charge is -2.13. The molecular formula is C16H23. The molecule has 0 atom stereocenters. The molecule has 2 aliphatic carbocycles. The number of hydrogen-bond acceptors (Lipinski definition) is 0. The molecule has 0 saturated carbocycles. The van der Waals surface area contributed by atoms with Gasteiger partial charge in [0.2, 0.25) is 0 Å².